The SMILES string of the molecule is O=C(COc1ccc(CO)cc1Br)Nc1ccc(Cl)cc1. The van der Waals surface area contributed by atoms with E-state index in [2.05, 4.69) is 21.2 Å². The van der Waals surface area contributed by atoms with Gasteiger partial charge in [-0.15, -0.1) is 0 Å². The zero-order valence-corrected chi connectivity index (χ0v) is 13.3. The predicted octanol–water partition coefficient (Wildman–Crippen LogP) is 3.61. The van der Waals surface area contributed by atoms with E-state index in [4.69, 9.17) is 21.4 Å². The molecule has 0 aliphatic carbocycles. The van der Waals surface area contributed by atoms with Gasteiger partial charge in [0.2, 0.25) is 0 Å². The Balaban J connectivity index is 1.90. The number of carbonyl (C=O) groups excluding carboxylic acids is 1. The molecule has 0 aliphatic heterocycles. The summed E-state index contributed by atoms with van der Waals surface area (Å²) >= 11 is 9.10. The van der Waals surface area contributed by atoms with Crippen LogP contribution in [0.4, 0.5) is 5.69 Å². The van der Waals surface area contributed by atoms with E-state index in [-0.39, 0.29) is 19.1 Å². The summed E-state index contributed by atoms with van der Waals surface area (Å²) in [6, 6.07) is 12.0. The van der Waals surface area contributed by atoms with E-state index in [0.29, 0.717) is 20.9 Å². The zero-order valence-electron chi connectivity index (χ0n) is 11.0. The summed E-state index contributed by atoms with van der Waals surface area (Å²) in [5.41, 5.74) is 1.42. The third kappa shape index (κ3) is 4.74. The van der Waals surface area contributed by atoms with Crippen molar-refractivity contribution in [2.24, 2.45) is 0 Å². The second-order valence-corrected chi connectivity index (χ2v) is 5.56. The van der Waals surface area contributed by atoms with E-state index in [1.807, 2.05) is 0 Å². The Morgan fingerprint density at radius 2 is 1.95 bits per heavy atom. The third-order valence-corrected chi connectivity index (χ3v) is 3.54. The quantitative estimate of drug-likeness (QED) is 0.845. The summed E-state index contributed by atoms with van der Waals surface area (Å²) in [5.74, 6) is 0.272. The molecule has 0 spiro atoms. The number of nitrogens with one attached hydrogen (secondary N) is 1. The first-order chi connectivity index (χ1) is 10.1. The molecule has 4 nitrogen and oxygen atoms in total. The second-order valence-electron chi connectivity index (χ2n) is 4.27. The summed E-state index contributed by atoms with van der Waals surface area (Å²) in [7, 11) is 0. The number of anilines is 1. The first-order valence-electron chi connectivity index (χ1n) is 6.16. The lowest BCUT2D eigenvalue weighted by Crippen LogP contribution is -2.20. The fourth-order valence-corrected chi connectivity index (χ4v) is 2.30. The molecule has 0 aromatic heterocycles. The molecular formula is C15H13BrClNO3. The van der Waals surface area contributed by atoms with Crippen molar-refractivity contribution in [3.8, 4) is 5.75 Å². The largest absolute Gasteiger partial charge is 0.483 e. The number of halogens is 2. The number of ether oxygens (including phenoxy) is 1. The van der Waals surface area contributed by atoms with Gasteiger partial charge in [0.05, 0.1) is 11.1 Å². The minimum atomic E-state index is -0.268. The van der Waals surface area contributed by atoms with Gasteiger partial charge in [-0.2, -0.15) is 0 Å². The summed E-state index contributed by atoms with van der Waals surface area (Å²) in [5, 5.41) is 12.3. The zero-order chi connectivity index (χ0) is 15.2. The van der Waals surface area contributed by atoms with Gasteiger partial charge in [0.15, 0.2) is 6.61 Å². The molecule has 2 aromatic carbocycles. The van der Waals surface area contributed by atoms with Crippen molar-refractivity contribution >= 4 is 39.1 Å². The molecule has 6 heteroatoms. The van der Waals surface area contributed by atoms with E-state index >= 15 is 0 Å². The molecule has 0 heterocycles. The Bertz CT molecular complexity index is 631. The van der Waals surface area contributed by atoms with Gasteiger partial charge in [-0.1, -0.05) is 17.7 Å². The fourth-order valence-electron chi connectivity index (χ4n) is 1.63. The number of hydrogen-bond acceptors (Lipinski definition) is 3. The predicted molar refractivity (Wildman–Crippen MR) is 85.6 cm³/mol. The van der Waals surface area contributed by atoms with Crippen LogP contribution in [0.3, 0.4) is 0 Å². The van der Waals surface area contributed by atoms with Crippen LogP contribution < -0.4 is 10.1 Å². The topological polar surface area (TPSA) is 58.6 Å². The van der Waals surface area contributed by atoms with Crippen molar-refractivity contribution in [2.45, 2.75) is 6.61 Å². The Morgan fingerprint density at radius 1 is 1.24 bits per heavy atom. The number of aliphatic hydroxyl groups is 1. The first-order valence-corrected chi connectivity index (χ1v) is 7.33. The van der Waals surface area contributed by atoms with Gasteiger partial charge in [-0.05, 0) is 57.9 Å². The normalized spacial score (nSPS) is 10.2. The number of hydrogen-bond donors (Lipinski definition) is 2. The number of carbonyl (C=O) groups is 1. The molecule has 0 fully saturated rings. The van der Waals surface area contributed by atoms with Gasteiger partial charge in [-0.3, -0.25) is 4.79 Å². The highest BCUT2D eigenvalue weighted by Crippen LogP contribution is 2.26. The van der Waals surface area contributed by atoms with Gasteiger partial charge in [0.1, 0.15) is 5.75 Å². The Labute approximate surface area is 135 Å². The number of aliphatic hydroxyl groups excluding tert-OH is 1. The van der Waals surface area contributed by atoms with Gasteiger partial charge >= 0.3 is 0 Å². The van der Waals surface area contributed by atoms with Gasteiger partial charge in [0, 0.05) is 10.7 Å². The summed E-state index contributed by atoms with van der Waals surface area (Å²) in [6.45, 7) is -0.157. The number of benzene rings is 2. The standard InChI is InChI=1S/C15H13BrClNO3/c16-13-7-10(8-19)1-6-14(13)21-9-15(20)18-12-4-2-11(17)3-5-12/h1-7,19H,8-9H2,(H,18,20). The van der Waals surface area contributed by atoms with Crippen LogP contribution in [0.25, 0.3) is 0 Å². The highest BCUT2D eigenvalue weighted by Gasteiger charge is 2.07. The third-order valence-electron chi connectivity index (χ3n) is 2.67. The Kier molecular flexibility index (Phi) is 5.61. The summed E-state index contributed by atoms with van der Waals surface area (Å²) in [4.78, 5) is 11.8. The molecule has 2 aromatic rings. The van der Waals surface area contributed by atoms with Crippen molar-refractivity contribution < 1.29 is 14.6 Å². The average Bonchev–Trinajstić information content (AvgIpc) is 2.48. The fraction of sp³-hybridized carbons (Fsp3) is 0.133. The maximum absolute atomic E-state index is 11.8. The lowest BCUT2D eigenvalue weighted by atomic mass is 10.2. The molecule has 0 radical (unpaired) electrons. The molecule has 21 heavy (non-hydrogen) atoms. The lowest BCUT2D eigenvalue weighted by Gasteiger charge is -2.09. The molecule has 0 bridgehead atoms. The first kappa shape index (κ1) is 15.8. The van der Waals surface area contributed by atoms with Gasteiger partial charge in [-0.25, -0.2) is 0 Å². The maximum Gasteiger partial charge on any atom is 0.262 e. The molecule has 0 saturated heterocycles. The van der Waals surface area contributed by atoms with E-state index in [1.165, 1.54) is 0 Å². The number of amides is 1. The lowest BCUT2D eigenvalue weighted by molar-refractivity contribution is -0.118. The van der Waals surface area contributed by atoms with Crippen molar-refractivity contribution in [3.63, 3.8) is 0 Å². The number of rotatable bonds is 5. The molecule has 110 valence electrons. The molecule has 1 amide bonds. The van der Waals surface area contributed by atoms with Crippen molar-refractivity contribution in [1.82, 2.24) is 0 Å². The highest BCUT2D eigenvalue weighted by molar-refractivity contribution is 9.10. The van der Waals surface area contributed by atoms with Crippen LogP contribution in [-0.4, -0.2) is 17.6 Å². The van der Waals surface area contributed by atoms with Crippen LogP contribution >= 0.6 is 27.5 Å². The minimum absolute atomic E-state index is 0.0457. The van der Waals surface area contributed by atoms with Gasteiger partial charge in [0.25, 0.3) is 5.91 Å². The van der Waals surface area contributed by atoms with Crippen LogP contribution in [0, 0.1) is 0 Å². The summed E-state index contributed by atoms with van der Waals surface area (Å²) < 4.78 is 6.12. The van der Waals surface area contributed by atoms with Crippen molar-refractivity contribution in [3.05, 3.63) is 57.5 Å². The average molecular weight is 371 g/mol. The van der Waals surface area contributed by atoms with E-state index in [9.17, 15) is 4.79 Å². The van der Waals surface area contributed by atoms with Gasteiger partial charge < -0.3 is 15.2 Å². The van der Waals surface area contributed by atoms with Crippen LogP contribution in [-0.2, 0) is 11.4 Å². The highest BCUT2D eigenvalue weighted by atomic mass is 79.9. The van der Waals surface area contributed by atoms with Crippen molar-refractivity contribution in [2.75, 3.05) is 11.9 Å². The van der Waals surface area contributed by atoms with E-state index in [1.54, 1.807) is 42.5 Å². The minimum Gasteiger partial charge on any atom is -0.483 e. The smallest absolute Gasteiger partial charge is 0.262 e. The Hall–Kier alpha value is -1.56. The van der Waals surface area contributed by atoms with E-state index in [0.717, 1.165) is 5.56 Å². The summed E-state index contributed by atoms with van der Waals surface area (Å²) in [6.07, 6.45) is 0. The molecule has 0 saturated carbocycles. The molecule has 0 atom stereocenters. The molecular weight excluding hydrogens is 358 g/mol. The maximum atomic E-state index is 11.8. The van der Waals surface area contributed by atoms with Crippen LogP contribution in [0.1, 0.15) is 5.56 Å². The molecule has 2 N–H and O–H groups in total. The van der Waals surface area contributed by atoms with E-state index < -0.39 is 0 Å². The second kappa shape index (κ2) is 7.45. The van der Waals surface area contributed by atoms with Crippen LogP contribution in [0.15, 0.2) is 46.9 Å². The van der Waals surface area contributed by atoms with Crippen molar-refractivity contribution in [1.29, 1.82) is 0 Å². The monoisotopic (exact) mass is 369 g/mol. The molecule has 0 aliphatic rings. The molecule has 0 unspecified atom stereocenters. The van der Waals surface area contributed by atoms with Crippen LogP contribution in [0.5, 0.6) is 5.75 Å². The Morgan fingerprint density at radius 3 is 2.57 bits per heavy atom. The van der Waals surface area contributed by atoms with Crippen LogP contribution in [0.2, 0.25) is 5.02 Å². The molecule has 2 rings (SSSR count).